The molecule has 2 rings (SSSR count). The van der Waals surface area contributed by atoms with Gasteiger partial charge in [0.1, 0.15) is 0 Å². The predicted molar refractivity (Wildman–Crippen MR) is 60.9 cm³/mol. The van der Waals surface area contributed by atoms with E-state index in [2.05, 4.69) is 11.1 Å². The van der Waals surface area contributed by atoms with Gasteiger partial charge < -0.3 is 4.57 Å². The van der Waals surface area contributed by atoms with Crippen molar-refractivity contribution in [2.24, 2.45) is 0 Å². The monoisotopic (exact) mass is 205 g/mol. The second-order valence-electron chi connectivity index (χ2n) is 3.40. The van der Waals surface area contributed by atoms with Crippen molar-refractivity contribution in [3.63, 3.8) is 0 Å². The molecular weight excluding hydrogens is 194 g/mol. The Balaban J connectivity index is 2.66. The van der Waals surface area contributed by atoms with E-state index in [0.29, 0.717) is 0 Å². The average molecular weight is 205 g/mol. The molecule has 2 aromatic rings. The highest BCUT2D eigenvalue weighted by molar-refractivity contribution is 7.17. The molecular formula is C11H11NOS. The smallest absolute Gasteiger partial charge is 0.199 e. The highest BCUT2D eigenvalue weighted by Crippen LogP contribution is 2.17. The number of nitrogens with zero attached hydrogens (tertiary/aromatic N) is 1. The molecule has 0 amide bonds. The summed E-state index contributed by atoms with van der Waals surface area (Å²) in [7, 11) is 0. The number of hydrogen-bond donors (Lipinski definition) is 0. The van der Waals surface area contributed by atoms with Crippen molar-refractivity contribution in [3.05, 3.63) is 46.1 Å². The van der Waals surface area contributed by atoms with Gasteiger partial charge in [-0.05, 0) is 18.4 Å². The largest absolute Gasteiger partial charge is 0.342 e. The molecule has 0 unspecified atom stereocenters. The third-order valence-corrected chi connectivity index (χ3v) is 2.94. The Morgan fingerprint density at radius 2 is 2.36 bits per heavy atom. The highest BCUT2D eigenvalue weighted by Gasteiger charge is 2.02. The van der Waals surface area contributed by atoms with Gasteiger partial charge in [-0.1, -0.05) is 12.2 Å². The van der Waals surface area contributed by atoms with Crippen molar-refractivity contribution in [2.75, 3.05) is 0 Å². The summed E-state index contributed by atoms with van der Waals surface area (Å²) in [6.45, 7) is 6.62. The summed E-state index contributed by atoms with van der Waals surface area (Å²) in [6.07, 6.45) is 1.83. The molecule has 0 aliphatic heterocycles. The van der Waals surface area contributed by atoms with Gasteiger partial charge in [0.2, 0.25) is 0 Å². The van der Waals surface area contributed by atoms with Crippen LogP contribution in [0, 0.1) is 0 Å². The number of rotatable bonds is 2. The molecule has 14 heavy (non-hydrogen) atoms. The highest BCUT2D eigenvalue weighted by atomic mass is 32.1. The summed E-state index contributed by atoms with van der Waals surface area (Å²) in [5.41, 5.74) is 2.19. The van der Waals surface area contributed by atoms with Crippen LogP contribution in [0.15, 0.2) is 40.7 Å². The van der Waals surface area contributed by atoms with Crippen LogP contribution < -0.4 is 5.43 Å². The maximum absolute atomic E-state index is 11.5. The molecule has 2 heterocycles. The third kappa shape index (κ3) is 1.51. The summed E-state index contributed by atoms with van der Waals surface area (Å²) in [5, 5.41) is 1.95. The quantitative estimate of drug-likeness (QED) is 0.691. The van der Waals surface area contributed by atoms with Crippen molar-refractivity contribution in [1.29, 1.82) is 0 Å². The summed E-state index contributed by atoms with van der Waals surface area (Å²) >= 11 is 1.49. The summed E-state index contributed by atoms with van der Waals surface area (Å²) < 4.78 is 2.88. The molecule has 3 heteroatoms. The van der Waals surface area contributed by atoms with Crippen LogP contribution in [0.4, 0.5) is 0 Å². The van der Waals surface area contributed by atoms with Crippen LogP contribution in [0.1, 0.15) is 6.92 Å². The van der Waals surface area contributed by atoms with Crippen molar-refractivity contribution in [2.45, 2.75) is 13.5 Å². The maximum Gasteiger partial charge on any atom is 0.199 e. The van der Waals surface area contributed by atoms with E-state index in [0.717, 1.165) is 22.3 Å². The minimum Gasteiger partial charge on any atom is -0.342 e. The van der Waals surface area contributed by atoms with Crippen LogP contribution in [0.3, 0.4) is 0 Å². The van der Waals surface area contributed by atoms with Gasteiger partial charge in [-0.2, -0.15) is 0 Å². The van der Waals surface area contributed by atoms with Crippen LogP contribution in [-0.2, 0) is 6.54 Å². The van der Waals surface area contributed by atoms with Gasteiger partial charge in [-0.25, -0.2) is 0 Å². The second kappa shape index (κ2) is 3.42. The van der Waals surface area contributed by atoms with Crippen LogP contribution in [0.2, 0.25) is 0 Å². The number of hydrogen-bond acceptors (Lipinski definition) is 2. The van der Waals surface area contributed by atoms with E-state index in [1.54, 1.807) is 6.07 Å². The number of aromatic nitrogens is 1. The van der Waals surface area contributed by atoms with Gasteiger partial charge >= 0.3 is 0 Å². The lowest BCUT2D eigenvalue weighted by Crippen LogP contribution is -2.06. The predicted octanol–water partition coefficient (Wildman–Crippen LogP) is 2.64. The first-order valence-corrected chi connectivity index (χ1v) is 5.27. The van der Waals surface area contributed by atoms with Crippen LogP contribution in [-0.4, -0.2) is 4.57 Å². The van der Waals surface area contributed by atoms with Crippen LogP contribution in [0.5, 0.6) is 0 Å². The lowest BCUT2D eigenvalue weighted by molar-refractivity contribution is 0.813. The Labute approximate surface area is 86.1 Å². The van der Waals surface area contributed by atoms with E-state index >= 15 is 0 Å². The van der Waals surface area contributed by atoms with Crippen molar-refractivity contribution in [1.82, 2.24) is 4.57 Å². The fourth-order valence-electron chi connectivity index (χ4n) is 1.46. The van der Waals surface area contributed by atoms with Gasteiger partial charge in [-0.15, -0.1) is 11.3 Å². The lowest BCUT2D eigenvalue weighted by Gasteiger charge is -2.06. The number of allylic oxidation sites excluding steroid dienone is 1. The first kappa shape index (κ1) is 9.21. The Kier molecular flexibility index (Phi) is 2.25. The molecule has 0 aromatic carbocycles. The zero-order valence-corrected chi connectivity index (χ0v) is 8.80. The average Bonchev–Trinajstić information content (AvgIpc) is 2.58. The van der Waals surface area contributed by atoms with E-state index in [4.69, 9.17) is 0 Å². The van der Waals surface area contributed by atoms with E-state index in [-0.39, 0.29) is 5.43 Å². The van der Waals surface area contributed by atoms with Crippen molar-refractivity contribution >= 4 is 21.6 Å². The summed E-state index contributed by atoms with van der Waals surface area (Å²) in [6, 6.07) is 3.59. The molecule has 72 valence electrons. The zero-order valence-electron chi connectivity index (χ0n) is 7.99. The first-order valence-electron chi connectivity index (χ1n) is 4.39. The molecule has 2 aromatic heterocycles. The van der Waals surface area contributed by atoms with Gasteiger partial charge in [0.05, 0.1) is 10.2 Å². The molecule has 0 fully saturated rings. The van der Waals surface area contributed by atoms with Crippen molar-refractivity contribution in [3.8, 4) is 0 Å². The van der Waals surface area contributed by atoms with E-state index in [9.17, 15) is 4.79 Å². The molecule has 0 aliphatic rings. The van der Waals surface area contributed by atoms with Gasteiger partial charge in [0, 0.05) is 18.8 Å². The minimum atomic E-state index is 0.105. The third-order valence-electron chi connectivity index (χ3n) is 2.02. The summed E-state index contributed by atoms with van der Waals surface area (Å²) in [4.78, 5) is 11.5. The molecule has 0 N–H and O–H groups in total. The van der Waals surface area contributed by atoms with Gasteiger partial charge in [-0.3, -0.25) is 4.79 Å². The number of fused-ring (bicyclic) bond motifs is 1. The summed E-state index contributed by atoms with van der Waals surface area (Å²) in [5.74, 6) is 0. The molecule has 0 radical (unpaired) electrons. The standard InChI is InChI=1S/C11H11NOS/c1-8(2)7-12-5-3-10(13)11-9(12)4-6-14-11/h3-6H,1,7H2,2H3. The molecule has 0 aliphatic carbocycles. The normalized spacial score (nSPS) is 10.6. The maximum atomic E-state index is 11.5. The van der Waals surface area contributed by atoms with Gasteiger partial charge in [0.15, 0.2) is 5.43 Å². The topological polar surface area (TPSA) is 22.0 Å². The Bertz CT molecular complexity index is 535. The first-order chi connectivity index (χ1) is 6.68. The van der Waals surface area contributed by atoms with E-state index in [1.165, 1.54) is 11.3 Å². The number of pyridine rings is 1. The molecule has 2 nitrogen and oxygen atoms in total. The Morgan fingerprint density at radius 3 is 3.07 bits per heavy atom. The van der Waals surface area contributed by atoms with Crippen LogP contribution in [0.25, 0.3) is 10.2 Å². The molecule has 0 spiro atoms. The molecule has 0 atom stereocenters. The fraction of sp³-hybridized carbons (Fsp3) is 0.182. The SMILES string of the molecule is C=C(C)Cn1ccc(=O)c2sccc21. The van der Waals surface area contributed by atoms with Crippen molar-refractivity contribution < 1.29 is 0 Å². The second-order valence-corrected chi connectivity index (χ2v) is 4.32. The van der Waals surface area contributed by atoms with Crippen LogP contribution >= 0.6 is 11.3 Å². The molecule has 0 bridgehead atoms. The zero-order chi connectivity index (χ0) is 10.1. The molecule has 0 saturated heterocycles. The Hall–Kier alpha value is -1.35. The van der Waals surface area contributed by atoms with E-state index < -0.39 is 0 Å². The molecule has 0 saturated carbocycles. The minimum absolute atomic E-state index is 0.105. The van der Waals surface area contributed by atoms with E-state index in [1.807, 2.05) is 24.6 Å². The number of thiophene rings is 1. The Morgan fingerprint density at radius 1 is 1.57 bits per heavy atom. The fourth-order valence-corrected chi connectivity index (χ4v) is 2.28. The van der Waals surface area contributed by atoms with Gasteiger partial charge in [0.25, 0.3) is 0 Å². The lowest BCUT2D eigenvalue weighted by atomic mass is 10.3.